The van der Waals surface area contributed by atoms with Gasteiger partial charge in [-0.3, -0.25) is 0 Å². The zero-order valence-corrected chi connectivity index (χ0v) is 5.30. The minimum atomic E-state index is 0.373. The van der Waals surface area contributed by atoms with Crippen molar-refractivity contribution in [3.63, 3.8) is 0 Å². The fourth-order valence-electron chi connectivity index (χ4n) is 0.458. The Labute approximate surface area is 57.4 Å². The summed E-state index contributed by atoms with van der Waals surface area (Å²) in [5, 5.41) is 0.373. The lowest BCUT2D eigenvalue weighted by molar-refractivity contribution is 0.334. The number of halogens is 1. The fraction of sp³-hybridized carbons (Fsp3) is 0. The van der Waals surface area contributed by atoms with Crippen LogP contribution in [0.25, 0.3) is 0 Å². The molecule has 0 bridgehead atoms. The summed E-state index contributed by atoms with van der Waals surface area (Å²) in [6, 6.07) is 3.15. The summed E-state index contributed by atoms with van der Waals surface area (Å²) < 4.78 is 0. The molecular formula is C5H5ClN2O. The SMILES string of the molecule is NOc1ccnc(Cl)c1. The molecule has 0 unspecified atom stereocenters. The molecule has 0 amide bonds. The van der Waals surface area contributed by atoms with Gasteiger partial charge in [0.05, 0.1) is 0 Å². The monoisotopic (exact) mass is 144 g/mol. The Morgan fingerprint density at radius 3 is 2.89 bits per heavy atom. The molecule has 0 saturated heterocycles. The van der Waals surface area contributed by atoms with Gasteiger partial charge in [0.1, 0.15) is 5.15 Å². The molecule has 48 valence electrons. The van der Waals surface area contributed by atoms with E-state index in [9.17, 15) is 0 Å². The molecule has 1 rings (SSSR count). The molecule has 0 atom stereocenters. The molecular weight excluding hydrogens is 140 g/mol. The Morgan fingerprint density at radius 2 is 2.44 bits per heavy atom. The van der Waals surface area contributed by atoms with E-state index in [1.165, 1.54) is 12.3 Å². The Kier molecular flexibility index (Phi) is 1.87. The molecule has 1 aromatic rings. The Hall–Kier alpha value is -0.800. The van der Waals surface area contributed by atoms with Crippen LogP contribution in [0.3, 0.4) is 0 Å². The lowest BCUT2D eigenvalue weighted by Gasteiger charge is -1.94. The van der Waals surface area contributed by atoms with Gasteiger partial charge in [-0.15, -0.1) is 0 Å². The van der Waals surface area contributed by atoms with E-state index in [1.807, 2.05) is 0 Å². The molecule has 0 spiro atoms. The van der Waals surface area contributed by atoms with Gasteiger partial charge in [0.2, 0.25) is 0 Å². The van der Waals surface area contributed by atoms with Crippen LogP contribution in [0.5, 0.6) is 5.75 Å². The van der Waals surface area contributed by atoms with Crippen molar-refractivity contribution in [3.8, 4) is 5.75 Å². The van der Waals surface area contributed by atoms with Gasteiger partial charge in [0.25, 0.3) is 0 Å². The second-order valence-electron chi connectivity index (χ2n) is 1.43. The van der Waals surface area contributed by atoms with Crippen LogP contribution < -0.4 is 10.7 Å². The van der Waals surface area contributed by atoms with E-state index < -0.39 is 0 Å². The smallest absolute Gasteiger partial charge is 0.151 e. The first kappa shape index (κ1) is 6.32. The van der Waals surface area contributed by atoms with Crippen molar-refractivity contribution in [2.45, 2.75) is 0 Å². The first-order valence-corrected chi connectivity index (χ1v) is 2.69. The molecule has 4 heteroatoms. The van der Waals surface area contributed by atoms with Gasteiger partial charge in [-0.05, 0) is 0 Å². The van der Waals surface area contributed by atoms with Crippen molar-refractivity contribution in [1.82, 2.24) is 4.98 Å². The Bertz CT molecular complexity index is 204. The molecule has 0 aliphatic carbocycles. The van der Waals surface area contributed by atoms with Gasteiger partial charge >= 0.3 is 0 Å². The second kappa shape index (κ2) is 2.66. The molecule has 0 saturated carbocycles. The third-order valence-corrected chi connectivity index (χ3v) is 1.04. The molecule has 1 heterocycles. The van der Waals surface area contributed by atoms with Gasteiger partial charge in [-0.1, -0.05) is 11.6 Å². The van der Waals surface area contributed by atoms with Crippen LogP contribution in [0, 0.1) is 0 Å². The van der Waals surface area contributed by atoms with Crippen molar-refractivity contribution in [2.24, 2.45) is 5.90 Å². The maximum atomic E-state index is 5.48. The highest BCUT2D eigenvalue weighted by molar-refractivity contribution is 6.29. The van der Waals surface area contributed by atoms with E-state index in [-0.39, 0.29) is 0 Å². The number of nitrogens with zero attached hydrogens (tertiary/aromatic N) is 1. The minimum absolute atomic E-state index is 0.373. The van der Waals surface area contributed by atoms with Gasteiger partial charge in [-0.25, -0.2) is 4.98 Å². The topological polar surface area (TPSA) is 48.1 Å². The summed E-state index contributed by atoms with van der Waals surface area (Å²) in [7, 11) is 0. The predicted octanol–water partition coefficient (Wildman–Crippen LogP) is 0.988. The van der Waals surface area contributed by atoms with Crippen LogP contribution in [0.1, 0.15) is 0 Å². The Morgan fingerprint density at radius 1 is 1.67 bits per heavy atom. The molecule has 9 heavy (non-hydrogen) atoms. The van der Waals surface area contributed by atoms with E-state index in [4.69, 9.17) is 17.5 Å². The maximum absolute atomic E-state index is 5.48. The molecule has 0 fully saturated rings. The number of aromatic nitrogens is 1. The third-order valence-electron chi connectivity index (χ3n) is 0.834. The van der Waals surface area contributed by atoms with Crippen molar-refractivity contribution in [1.29, 1.82) is 0 Å². The summed E-state index contributed by atoms with van der Waals surface area (Å²) in [6.07, 6.45) is 1.52. The van der Waals surface area contributed by atoms with Crippen LogP contribution in [-0.2, 0) is 0 Å². The van der Waals surface area contributed by atoms with Crippen LogP contribution in [-0.4, -0.2) is 4.98 Å². The van der Waals surface area contributed by atoms with Crippen LogP contribution in [0.15, 0.2) is 18.3 Å². The molecule has 1 aromatic heterocycles. The van der Waals surface area contributed by atoms with E-state index in [2.05, 4.69) is 9.82 Å². The van der Waals surface area contributed by atoms with Gasteiger partial charge < -0.3 is 4.84 Å². The summed E-state index contributed by atoms with van der Waals surface area (Å²) in [5.41, 5.74) is 0. The summed E-state index contributed by atoms with van der Waals surface area (Å²) in [4.78, 5) is 8.09. The molecule has 0 radical (unpaired) electrons. The normalized spacial score (nSPS) is 9.11. The average Bonchev–Trinajstić information content (AvgIpc) is 1.88. The lowest BCUT2D eigenvalue weighted by Crippen LogP contribution is -2.01. The minimum Gasteiger partial charge on any atom is -0.411 e. The number of nitrogens with two attached hydrogens (primary N) is 1. The quantitative estimate of drug-likeness (QED) is 0.472. The highest BCUT2D eigenvalue weighted by atomic mass is 35.5. The molecule has 0 aliphatic heterocycles. The summed E-state index contributed by atoms with van der Waals surface area (Å²) >= 11 is 5.48. The summed E-state index contributed by atoms with van der Waals surface area (Å²) in [5.74, 6) is 5.34. The summed E-state index contributed by atoms with van der Waals surface area (Å²) in [6.45, 7) is 0. The van der Waals surface area contributed by atoms with Gasteiger partial charge in [-0.2, -0.15) is 5.90 Å². The van der Waals surface area contributed by atoms with E-state index in [1.54, 1.807) is 6.07 Å². The van der Waals surface area contributed by atoms with Crippen molar-refractivity contribution in [2.75, 3.05) is 0 Å². The number of hydrogen-bond acceptors (Lipinski definition) is 3. The number of rotatable bonds is 1. The van der Waals surface area contributed by atoms with Crippen molar-refractivity contribution < 1.29 is 4.84 Å². The number of pyridine rings is 1. The average molecular weight is 145 g/mol. The first-order valence-electron chi connectivity index (χ1n) is 2.31. The first-order chi connectivity index (χ1) is 4.33. The number of hydrogen-bond donors (Lipinski definition) is 1. The highest BCUT2D eigenvalue weighted by Gasteiger charge is 1.90. The van der Waals surface area contributed by atoms with Crippen LogP contribution in [0.2, 0.25) is 5.15 Å². The standard InChI is InChI=1S/C5H5ClN2O/c6-5-3-4(9-7)1-2-8-5/h1-3H,7H2. The lowest BCUT2D eigenvalue weighted by atomic mass is 10.5. The zero-order chi connectivity index (χ0) is 6.69. The van der Waals surface area contributed by atoms with Crippen molar-refractivity contribution >= 4 is 11.6 Å². The van der Waals surface area contributed by atoms with Gasteiger partial charge in [0.15, 0.2) is 5.75 Å². The van der Waals surface area contributed by atoms with E-state index in [0.29, 0.717) is 10.9 Å². The molecule has 0 aromatic carbocycles. The van der Waals surface area contributed by atoms with Crippen molar-refractivity contribution in [3.05, 3.63) is 23.5 Å². The third kappa shape index (κ3) is 1.55. The fourth-order valence-corrected chi connectivity index (χ4v) is 0.622. The van der Waals surface area contributed by atoms with Crippen LogP contribution in [0.4, 0.5) is 0 Å². The second-order valence-corrected chi connectivity index (χ2v) is 1.82. The largest absolute Gasteiger partial charge is 0.411 e. The van der Waals surface area contributed by atoms with Crippen LogP contribution >= 0.6 is 11.6 Å². The maximum Gasteiger partial charge on any atom is 0.151 e. The van der Waals surface area contributed by atoms with E-state index >= 15 is 0 Å². The molecule has 3 nitrogen and oxygen atoms in total. The zero-order valence-electron chi connectivity index (χ0n) is 4.54. The van der Waals surface area contributed by atoms with Gasteiger partial charge in [0, 0.05) is 18.3 Å². The molecule has 0 aliphatic rings. The highest BCUT2D eigenvalue weighted by Crippen LogP contribution is 2.12. The molecule has 2 N–H and O–H groups in total. The Balaban J connectivity index is 2.94. The predicted molar refractivity (Wildman–Crippen MR) is 34.1 cm³/mol. The van der Waals surface area contributed by atoms with E-state index in [0.717, 1.165) is 0 Å².